The quantitative estimate of drug-likeness (QED) is 0.809. The van der Waals surface area contributed by atoms with Crippen molar-refractivity contribution in [3.8, 4) is 0 Å². The molecule has 2 aromatic heterocycles. The van der Waals surface area contributed by atoms with Gasteiger partial charge in [0.15, 0.2) is 5.82 Å². The number of nitrogens with one attached hydrogen (secondary N) is 1. The van der Waals surface area contributed by atoms with Crippen LogP contribution in [-0.2, 0) is 4.79 Å². The molecule has 0 radical (unpaired) electrons. The van der Waals surface area contributed by atoms with E-state index in [2.05, 4.69) is 20.5 Å². The SMILES string of the molecule is O=C(O)/C=C/c1cncc(C(=O)Nc2cccnn2)c1. The zero-order valence-corrected chi connectivity index (χ0v) is 10.2. The molecule has 7 heteroatoms. The largest absolute Gasteiger partial charge is 0.478 e. The maximum absolute atomic E-state index is 11.9. The number of hydrogen-bond donors (Lipinski definition) is 2. The first-order valence-corrected chi connectivity index (χ1v) is 5.60. The van der Waals surface area contributed by atoms with Crippen molar-refractivity contribution in [2.45, 2.75) is 0 Å². The van der Waals surface area contributed by atoms with Gasteiger partial charge in [-0.1, -0.05) is 0 Å². The molecule has 0 aliphatic carbocycles. The van der Waals surface area contributed by atoms with Crippen LogP contribution in [0.3, 0.4) is 0 Å². The van der Waals surface area contributed by atoms with Crippen molar-refractivity contribution in [3.05, 3.63) is 54.0 Å². The Hall–Kier alpha value is -3.09. The van der Waals surface area contributed by atoms with E-state index in [4.69, 9.17) is 5.11 Å². The van der Waals surface area contributed by atoms with E-state index in [-0.39, 0.29) is 0 Å². The molecule has 1 amide bonds. The predicted octanol–water partition coefficient (Wildman–Crippen LogP) is 1.22. The van der Waals surface area contributed by atoms with Crippen LogP contribution >= 0.6 is 0 Å². The van der Waals surface area contributed by atoms with Gasteiger partial charge in [-0.15, -0.1) is 5.10 Å². The number of carbonyl (C=O) groups excluding carboxylic acids is 1. The third-order valence-corrected chi connectivity index (χ3v) is 2.25. The fraction of sp³-hybridized carbons (Fsp3) is 0. The van der Waals surface area contributed by atoms with Gasteiger partial charge in [0, 0.05) is 24.7 Å². The lowest BCUT2D eigenvalue weighted by atomic mass is 10.2. The van der Waals surface area contributed by atoms with E-state index in [9.17, 15) is 9.59 Å². The van der Waals surface area contributed by atoms with Crippen LogP contribution < -0.4 is 5.32 Å². The van der Waals surface area contributed by atoms with E-state index in [1.165, 1.54) is 30.7 Å². The highest BCUT2D eigenvalue weighted by molar-refractivity contribution is 6.03. The maximum atomic E-state index is 11.9. The number of carboxylic acids is 1. The summed E-state index contributed by atoms with van der Waals surface area (Å²) in [5.74, 6) is -1.15. The molecule has 0 aromatic carbocycles. The van der Waals surface area contributed by atoms with Gasteiger partial charge in [0.25, 0.3) is 5.91 Å². The van der Waals surface area contributed by atoms with Gasteiger partial charge < -0.3 is 10.4 Å². The van der Waals surface area contributed by atoms with Crippen LogP contribution in [0.15, 0.2) is 42.9 Å². The van der Waals surface area contributed by atoms with Crippen LogP contribution in [0.4, 0.5) is 5.82 Å². The molecule has 0 unspecified atom stereocenters. The number of aromatic nitrogens is 3. The Labute approximate surface area is 114 Å². The lowest BCUT2D eigenvalue weighted by Gasteiger charge is -2.03. The molecule has 2 aromatic rings. The molecular weight excluding hydrogens is 260 g/mol. The van der Waals surface area contributed by atoms with Gasteiger partial charge in [0.2, 0.25) is 0 Å². The minimum absolute atomic E-state index is 0.295. The minimum Gasteiger partial charge on any atom is -0.478 e. The zero-order chi connectivity index (χ0) is 14.4. The fourth-order valence-electron chi connectivity index (χ4n) is 1.40. The summed E-state index contributed by atoms with van der Waals surface area (Å²) in [7, 11) is 0. The number of pyridine rings is 1. The van der Waals surface area contributed by atoms with Crippen molar-refractivity contribution in [2.24, 2.45) is 0 Å². The standard InChI is InChI=1S/C13H10N4O3/c18-12(19)4-3-9-6-10(8-14-7-9)13(20)16-11-2-1-5-15-17-11/h1-8H,(H,18,19)(H,16,17,20)/b4-3+. The lowest BCUT2D eigenvalue weighted by molar-refractivity contribution is -0.131. The van der Waals surface area contributed by atoms with Gasteiger partial charge >= 0.3 is 5.97 Å². The van der Waals surface area contributed by atoms with Gasteiger partial charge in [0.1, 0.15) is 0 Å². The molecule has 2 heterocycles. The molecule has 0 aliphatic rings. The number of hydrogen-bond acceptors (Lipinski definition) is 5. The second kappa shape index (κ2) is 6.19. The average Bonchev–Trinajstić information content (AvgIpc) is 2.46. The topological polar surface area (TPSA) is 105 Å². The molecule has 20 heavy (non-hydrogen) atoms. The van der Waals surface area contributed by atoms with Gasteiger partial charge in [-0.25, -0.2) is 4.79 Å². The summed E-state index contributed by atoms with van der Waals surface area (Å²) in [6.45, 7) is 0. The van der Waals surface area contributed by atoms with E-state index in [1.54, 1.807) is 12.1 Å². The predicted molar refractivity (Wildman–Crippen MR) is 70.9 cm³/mol. The van der Waals surface area contributed by atoms with E-state index in [0.29, 0.717) is 16.9 Å². The monoisotopic (exact) mass is 270 g/mol. The van der Waals surface area contributed by atoms with E-state index in [1.807, 2.05) is 0 Å². The molecule has 0 bridgehead atoms. The van der Waals surface area contributed by atoms with Crippen molar-refractivity contribution < 1.29 is 14.7 Å². The Morgan fingerprint density at radius 1 is 1.30 bits per heavy atom. The fourth-order valence-corrected chi connectivity index (χ4v) is 1.40. The summed E-state index contributed by atoms with van der Waals surface area (Å²) in [5.41, 5.74) is 0.808. The summed E-state index contributed by atoms with van der Waals surface area (Å²) in [4.78, 5) is 26.3. The number of amides is 1. The molecule has 0 saturated carbocycles. The van der Waals surface area contributed by atoms with E-state index >= 15 is 0 Å². The Balaban J connectivity index is 2.14. The molecule has 0 spiro atoms. The van der Waals surface area contributed by atoms with Gasteiger partial charge in [-0.05, 0) is 29.8 Å². The molecular formula is C13H10N4O3. The number of nitrogens with zero attached hydrogens (tertiary/aromatic N) is 3. The molecule has 0 saturated heterocycles. The van der Waals surface area contributed by atoms with Crippen LogP contribution in [0, 0.1) is 0 Å². The first kappa shape index (κ1) is 13.3. The number of rotatable bonds is 4. The number of carbonyl (C=O) groups is 2. The van der Waals surface area contributed by atoms with Gasteiger partial charge in [-0.3, -0.25) is 9.78 Å². The van der Waals surface area contributed by atoms with Crippen LogP contribution in [0.5, 0.6) is 0 Å². The summed E-state index contributed by atoms with van der Waals surface area (Å²) >= 11 is 0. The summed E-state index contributed by atoms with van der Waals surface area (Å²) in [5, 5.41) is 18.5. The highest BCUT2D eigenvalue weighted by Gasteiger charge is 2.07. The molecule has 0 aliphatic heterocycles. The molecule has 7 nitrogen and oxygen atoms in total. The molecule has 0 atom stereocenters. The second-order valence-electron chi connectivity index (χ2n) is 3.74. The summed E-state index contributed by atoms with van der Waals surface area (Å²) in [6, 6.07) is 4.78. The maximum Gasteiger partial charge on any atom is 0.328 e. The van der Waals surface area contributed by atoms with Crippen LogP contribution in [-0.4, -0.2) is 32.2 Å². The Morgan fingerprint density at radius 3 is 2.85 bits per heavy atom. The minimum atomic E-state index is -1.07. The van der Waals surface area contributed by atoms with Crippen molar-refractivity contribution in [2.75, 3.05) is 5.32 Å². The molecule has 0 fully saturated rings. The molecule has 2 N–H and O–H groups in total. The van der Waals surface area contributed by atoms with Gasteiger partial charge in [0.05, 0.1) is 5.56 Å². The summed E-state index contributed by atoms with van der Waals surface area (Å²) in [6.07, 6.45) is 6.66. The molecule has 2 rings (SSSR count). The van der Waals surface area contributed by atoms with Crippen LogP contribution in [0.1, 0.15) is 15.9 Å². The van der Waals surface area contributed by atoms with Crippen molar-refractivity contribution in [1.82, 2.24) is 15.2 Å². The highest BCUT2D eigenvalue weighted by atomic mass is 16.4. The highest BCUT2D eigenvalue weighted by Crippen LogP contribution is 2.07. The Bertz CT molecular complexity index is 656. The number of carboxylic acid groups (broad SMARTS) is 1. The van der Waals surface area contributed by atoms with E-state index < -0.39 is 11.9 Å². The molecule has 100 valence electrons. The number of aliphatic carboxylic acids is 1. The number of anilines is 1. The van der Waals surface area contributed by atoms with E-state index in [0.717, 1.165) is 6.08 Å². The van der Waals surface area contributed by atoms with Gasteiger partial charge in [-0.2, -0.15) is 5.10 Å². The summed E-state index contributed by atoms with van der Waals surface area (Å²) < 4.78 is 0. The van der Waals surface area contributed by atoms with Crippen LogP contribution in [0.25, 0.3) is 6.08 Å². The Kier molecular flexibility index (Phi) is 4.13. The van der Waals surface area contributed by atoms with Crippen LogP contribution in [0.2, 0.25) is 0 Å². The first-order valence-electron chi connectivity index (χ1n) is 5.60. The third kappa shape index (κ3) is 3.70. The lowest BCUT2D eigenvalue weighted by Crippen LogP contribution is -2.13. The second-order valence-corrected chi connectivity index (χ2v) is 3.74. The third-order valence-electron chi connectivity index (χ3n) is 2.25. The first-order chi connectivity index (χ1) is 9.65. The smallest absolute Gasteiger partial charge is 0.328 e. The van der Waals surface area contributed by atoms with Crippen molar-refractivity contribution in [3.63, 3.8) is 0 Å². The Morgan fingerprint density at radius 2 is 2.15 bits per heavy atom. The normalized spacial score (nSPS) is 10.4. The average molecular weight is 270 g/mol. The zero-order valence-electron chi connectivity index (χ0n) is 10.2. The van der Waals surface area contributed by atoms with Crippen molar-refractivity contribution >= 4 is 23.8 Å². The van der Waals surface area contributed by atoms with Crippen molar-refractivity contribution in [1.29, 1.82) is 0 Å².